The fourth-order valence-corrected chi connectivity index (χ4v) is 5.72. The van der Waals surface area contributed by atoms with E-state index < -0.39 is 10.0 Å². The van der Waals surface area contributed by atoms with Crippen LogP contribution in [-0.4, -0.2) is 73.2 Å². The standard InChI is InChI=1S/C19H17N7O3S2/c27-19(14-4-6-15(7-5-14)26-13-20-12-21-26)24-8-10-25(11-9-24)31(28,29)17-3-1-2-16-18(17)23-30-22-16/h1-7,12-13H,8-11H2. The van der Waals surface area contributed by atoms with Crippen LogP contribution in [0.4, 0.5) is 0 Å². The number of carbonyl (C=O) groups excluding carboxylic acids is 1. The van der Waals surface area contributed by atoms with Gasteiger partial charge in [-0.1, -0.05) is 6.07 Å². The summed E-state index contributed by atoms with van der Waals surface area (Å²) in [6.45, 7) is 1.07. The molecule has 3 heterocycles. The van der Waals surface area contributed by atoms with Crippen LogP contribution in [0.15, 0.2) is 60.0 Å². The number of carbonyl (C=O) groups is 1. The molecule has 1 amide bonds. The van der Waals surface area contributed by atoms with Gasteiger partial charge in [0.25, 0.3) is 5.91 Å². The van der Waals surface area contributed by atoms with E-state index in [0.717, 1.165) is 17.4 Å². The van der Waals surface area contributed by atoms with Gasteiger partial charge in [0.1, 0.15) is 28.6 Å². The molecule has 4 aromatic rings. The van der Waals surface area contributed by atoms with Crippen molar-refractivity contribution in [2.45, 2.75) is 4.90 Å². The molecule has 0 aliphatic carbocycles. The van der Waals surface area contributed by atoms with Gasteiger partial charge in [0.2, 0.25) is 10.0 Å². The third kappa shape index (κ3) is 3.58. The second kappa shape index (κ2) is 7.80. The van der Waals surface area contributed by atoms with Crippen LogP contribution < -0.4 is 0 Å². The van der Waals surface area contributed by atoms with E-state index in [1.165, 1.54) is 10.6 Å². The highest BCUT2D eigenvalue weighted by atomic mass is 32.2. The van der Waals surface area contributed by atoms with Gasteiger partial charge in [-0.3, -0.25) is 4.79 Å². The Balaban J connectivity index is 1.29. The van der Waals surface area contributed by atoms with Crippen LogP contribution in [0.25, 0.3) is 16.7 Å². The molecule has 1 fully saturated rings. The van der Waals surface area contributed by atoms with Gasteiger partial charge < -0.3 is 4.90 Å². The molecule has 158 valence electrons. The molecule has 31 heavy (non-hydrogen) atoms. The zero-order valence-electron chi connectivity index (χ0n) is 16.2. The minimum Gasteiger partial charge on any atom is -0.336 e. The lowest BCUT2D eigenvalue weighted by atomic mass is 10.1. The van der Waals surface area contributed by atoms with Gasteiger partial charge in [-0.25, -0.2) is 18.1 Å². The maximum atomic E-state index is 13.1. The molecule has 1 saturated heterocycles. The molecule has 0 radical (unpaired) electrons. The smallest absolute Gasteiger partial charge is 0.253 e. The van der Waals surface area contributed by atoms with Crippen LogP contribution in [0.1, 0.15) is 10.4 Å². The van der Waals surface area contributed by atoms with Gasteiger partial charge in [-0.2, -0.15) is 18.2 Å². The molecule has 0 bridgehead atoms. The van der Waals surface area contributed by atoms with Gasteiger partial charge >= 0.3 is 0 Å². The van der Waals surface area contributed by atoms with Crippen molar-refractivity contribution < 1.29 is 13.2 Å². The van der Waals surface area contributed by atoms with E-state index in [2.05, 4.69) is 18.8 Å². The minimum absolute atomic E-state index is 0.131. The van der Waals surface area contributed by atoms with Crippen molar-refractivity contribution in [3.63, 3.8) is 0 Å². The van der Waals surface area contributed by atoms with E-state index in [-0.39, 0.29) is 23.9 Å². The second-order valence-electron chi connectivity index (χ2n) is 6.97. The van der Waals surface area contributed by atoms with Crippen LogP contribution in [0.2, 0.25) is 0 Å². The summed E-state index contributed by atoms with van der Waals surface area (Å²) < 4.78 is 37.5. The molecule has 1 aliphatic rings. The maximum absolute atomic E-state index is 13.1. The second-order valence-corrected chi connectivity index (χ2v) is 9.41. The number of hydrogen-bond donors (Lipinski definition) is 0. The fraction of sp³-hybridized carbons (Fsp3) is 0.211. The summed E-state index contributed by atoms with van der Waals surface area (Å²) in [5.41, 5.74) is 2.29. The third-order valence-corrected chi connectivity index (χ3v) is 7.66. The van der Waals surface area contributed by atoms with E-state index in [1.54, 1.807) is 58.4 Å². The Hall–Kier alpha value is -3.22. The molecule has 0 spiro atoms. The predicted octanol–water partition coefficient (Wildman–Crippen LogP) is 1.42. The number of rotatable bonds is 4. The Kier molecular flexibility index (Phi) is 4.96. The van der Waals surface area contributed by atoms with Crippen LogP contribution in [0.5, 0.6) is 0 Å². The lowest BCUT2D eigenvalue weighted by Gasteiger charge is -2.34. The summed E-state index contributed by atoms with van der Waals surface area (Å²) in [7, 11) is -3.72. The predicted molar refractivity (Wildman–Crippen MR) is 113 cm³/mol. The molecule has 0 unspecified atom stereocenters. The molecular formula is C19H17N7O3S2. The molecule has 1 aliphatic heterocycles. The molecular weight excluding hydrogens is 438 g/mol. The van der Waals surface area contributed by atoms with Crippen molar-refractivity contribution in [3.8, 4) is 5.69 Å². The summed E-state index contributed by atoms with van der Waals surface area (Å²) in [6.07, 6.45) is 3.02. The SMILES string of the molecule is O=C(c1ccc(-n2cncn2)cc1)N1CCN(S(=O)(=O)c2cccc3nsnc23)CC1. The molecule has 2 aromatic carbocycles. The number of sulfonamides is 1. The van der Waals surface area contributed by atoms with Crippen molar-refractivity contribution >= 4 is 38.7 Å². The molecule has 0 atom stereocenters. The van der Waals surface area contributed by atoms with E-state index in [1.807, 2.05) is 0 Å². The first-order valence-electron chi connectivity index (χ1n) is 9.50. The quantitative estimate of drug-likeness (QED) is 0.457. The van der Waals surface area contributed by atoms with Crippen molar-refractivity contribution in [1.82, 2.24) is 32.7 Å². The van der Waals surface area contributed by atoms with E-state index >= 15 is 0 Å². The van der Waals surface area contributed by atoms with Crippen LogP contribution in [0.3, 0.4) is 0 Å². The van der Waals surface area contributed by atoms with Gasteiger partial charge in [0.05, 0.1) is 17.4 Å². The zero-order chi connectivity index (χ0) is 21.4. The molecule has 0 saturated carbocycles. The first-order chi connectivity index (χ1) is 15.0. The summed E-state index contributed by atoms with van der Waals surface area (Å²) in [4.78, 5) is 18.6. The summed E-state index contributed by atoms with van der Waals surface area (Å²) in [5.74, 6) is -0.131. The summed E-state index contributed by atoms with van der Waals surface area (Å²) >= 11 is 0.987. The largest absolute Gasteiger partial charge is 0.336 e. The van der Waals surface area contributed by atoms with Gasteiger partial charge in [-0.15, -0.1) is 0 Å². The Labute approximate surface area is 182 Å². The van der Waals surface area contributed by atoms with Gasteiger partial charge in [0, 0.05) is 31.7 Å². The average Bonchev–Trinajstić information content (AvgIpc) is 3.51. The van der Waals surface area contributed by atoms with Crippen molar-refractivity contribution in [2.75, 3.05) is 26.2 Å². The Bertz CT molecular complexity index is 1330. The number of amides is 1. The topological polar surface area (TPSA) is 114 Å². The normalized spacial score (nSPS) is 15.4. The molecule has 2 aromatic heterocycles. The van der Waals surface area contributed by atoms with E-state index in [4.69, 9.17) is 0 Å². The number of nitrogens with zero attached hydrogens (tertiary/aromatic N) is 7. The molecule has 12 heteroatoms. The fourth-order valence-electron chi connectivity index (χ4n) is 3.54. The number of aromatic nitrogens is 5. The van der Waals surface area contributed by atoms with Gasteiger partial charge in [0.15, 0.2) is 0 Å². The summed E-state index contributed by atoms with van der Waals surface area (Å²) in [5, 5.41) is 4.06. The Morgan fingerprint density at radius 3 is 2.45 bits per heavy atom. The monoisotopic (exact) mass is 455 g/mol. The van der Waals surface area contributed by atoms with E-state index in [9.17, 15) is 13.2 Å². The highest BCUT2D eigenvalue weighted by molar-refractivity contribution is 7.89. The lowest BCUT2D eigenvalue weighted by molar-refractivity contribution is 0.0698. The van der Waals surface area contributed by atoms with E-state index in [0.29, 0.717) is 29.7 Å². The van der Waals surface area contributed by atoms with Crippen LogP contribution >= 0.6 is 11.7 Å². The van der Waals surface area contributed by atoms with Crippen molar-refractivity contribution in [3.05, 3.63) is 60.7 Å². The first kappa shape index (κ1) is 19.7. The highest BCUT2D eigenvalue weighted by Crippen LogP contribution is 2.25. The minimum atomic E-state index is -3.72. The van der Waals surface area contributed by atoms with Crippen molar-refractivity contribution in [2.24, 2.45) is 0 Å². The zero-order valence-corrected chi connectivity index (χ0v) is 17.8. The molecule has 10 nitrogen and oxygen atoms in total. The highest BCUT2D eigenvalue weighted by Gasteiger charge is 2.32. The van der Waals surface area contributed by atoms with Crippen LogP contribution in [0, 0.1) is 0 Å². The average molecular weight is 456 g/mol. The maximum Gasteiger partial charge on any atom is 0.253 e. The first-order valence-corrected chi connectivity index (χ1v) is 11.7. The Morgan fingerprint density at radius 2 is 1.74 bits per heavy atom. The number of hydrogen-bond acceptors (Lipinski definition) is 8. The summed E-state index contributed by atoms with van der Waals surface area (Å²) in [6, 6.07) is 12.0. The van der Waals surface area contributed by atoms with Crippen LogP contribution in [-0.2, 0) is 10.0 Å². The molecule has 5 rings (SSSR count). The number of fused-ring (bicyclic) bond motifs is 1. The van der Waals surface area contributed by atoms with Crippen molar-refractivity contribution in [1.29, 1.82) is 0 Å². The van der Waals surface area contributed by atoms with Gasteiger partial charge in [-0.05, 0) is 36.4 Å². The number of benzene rings is 2. The number of piperazine rings is 1. The molecule has 0 N–H and O–H groups in total. The third-order valence-electron chi connectivity index (χ3n) is 5.19. The Morgan fingerprint density at radius 1 is 0.968 bits per heavy atom. The lowest BCUT2D eigenvalue weighted by Crippen LogP contribution is -2.50.